The normalized spacial score (nSPS) is 12.5. The molecule has 0 amide bonds. The van der Waals surface area contributed by atoms with Crippen LogP contribution in [-0.4, -0.2) is 27.6 Å². The summed E-state index contributed by atoms with van der Waals surface area (Å²) in [6.07, 6.45) is -5.80. The maximum Gasteiger partial charge on any atom is 0.416 e. The highest BCUT2D eigenvalue weighted by atomic mass is 79.9. The summed E-state index contributed by atoms with van der Waals surface area (Å²) in [4.78, 5) is 13.7. The van der Waals surface area contributed by atoms with Crippen molar-refractivity contribution in [1.82, 2.24) is 15.0 Å². The lowest BCUT2D eigenvalue weighted by Crippen LogP contribution is -2.22. The zero-order chi connectivity index (χ0) is 23.6. The molecule has 1 heterocycles. The predicted molar refractivity (Wildman–Crippen MR) is 118 cm³/mol. The minimum Gasteiger partial charge on any atom is -0.472 e. The Hall–Kier alpha value is -3.40. The first-order chi connectivity index (χ1) is 15.8. The van der Waals surface area contributed by atoms with Crippen molar-refractivity contribution < 1.29 is 27.4 Å². The first kappa shape index (κ1) is 22.8. The molecule has 170 valence electrons. The highest BCUT2D eigenvalue weighted by Gasteiger charge is 2.33. The fourth-order valence-corrected chi connectivity index (χ4v) is 3.42. The molecule has 0 N–H and O–H groups in total. The number of esters is 1. The summed E-state index contributed by atoms with van der Waals surface area (Å²) in [5, 5.41) is 8.55. The van der Waals surface area contributed by atoms with Crippen molar-refractivity contribution in [2.24, 2.45) is 0 Å². The SMILES string of the molecule is CCOC(=O)C(Oc1ccc(C(F)(F)F)cc1-n1nc2ccccc2n1)c1ccc(Br)cc1. The number of halogens is 4. The van der Waals surface area contributed by atoms with Crippen LogP contribution in [0.5, 0.6) is 5.75 Å². The summed E-state index contributed by atoms with van der Waals surface area (Å²) in [5.41, 5.74) is 0.502. The number of ether oxygens (including phenoxy) is 2. The zero-order valence-electron chi connectivity index (χ0n) is 17.2. The van der Waals surface area contributed by atoms with Crippen molar-refractivity contribution in [1.29, 1.82) is 0 Å². The van der Waals surface area contributed by atoms with Crippen molar-refractivity contribution in [3.8, 4) is 11.4 Å². The quantitative estimate of drug-likeness (QED) is 0.297. The van der Waals surface area contributed by atoms with Gasteiger partial charge in [0.15, 0.2) is 0 Å². The Kier molecular flexibility index (Phi) is 6.37. The number of rotatable bonds is 6. The summed E-state index contributed by atoms with van der Waals surface area (Å²) in [6.45, 7) is 1.76. The van der Waals surface area contributed by atoms with E-state index in [0.29, 0.717) is 16.6 Å². The average Bonchev–Trinajstić information content (AvgIpc) is 3.22. The van der Waals surface area contributed by atoms with E-state index in [2.05, 4.69) is 26.1 Å². The van der Waals surface area contributed by atoms with Crippen LogP contribution in [0.25, 0.3) is 16.7 Å². The summed E-state index contributed by atoms with van der Waals surface area (Å²) in [7, 11) is 0. The Labute approximate surface area is 195 Å². The molecule has 0 saturated carbocycles. The van der Waals surface area contributed by atoms with Crippen LogP contribution < -0.4 is 4.74 Å². The van der Waals surface area contributed by atoms with E-state index in [9.17, 15) is 18.0 Å². The van der Waals surface area contributed by atoms with Crippen LogP contribution in [0.1, 0.15) is 24.2 Å². The van der Waals surface area contributed by atoms with Crippen LogP contribution in [-0.2, 0) is 15.7 Å². The van der Waals surface area contributed by atoms with Crippen LogP contribution in [0, 0.1) is 0 Å². The third kappa shape index (κ3) is 5.00. The Balaban J connectivity index is 1.82. The monoisotopic (exact) mass is 519 g/mol. The van der Waals surface area contributed by atoms with E-state index in [0.717, 1.165) is 27.5 Å². The molecule has 0 bridgehead atoms. The average molecular weight is 520 g/mol. The Morgan fingerprint density at radius 2 is 1.67 bits per heavy atom. The first-order valence-electron chi connectivity index (χ1n) is 9.88. The summed E-state index contributed by atoms with van der Waals surface area (Å²) < 4.78 is 52.2. The Bertz CT molecular complexity index is 1260. The van der Waals surface area contributed by atoms with Crippen LogP contribution in [0.4, 0.5) is 13.2 Å². The highest BCUT2D eigenvalue weighted by molar-refractivity contribution is 9.10. The van der Waals surface area contributed by atoms with Gasteiger partial charge >= 0.3 is 12.1 Å². The highest BCUT2D eigenvalue weighted by Crippen LogP contribution is 2.36. The zero-order valence-corrected chi connectivity index (χ0v) is 18.8. The molecule has 0 radical (unpaired) electrons. The third-order valence-electron chi connectivity index (χ3n) is 4.71. The number of carbonyl (C=O) groups excluding carboxylic acids is 1. The number of alkyl halides is 3. The van der Waals surface area contributed by atoms with Gasteiger partial charge in [0.05, 0.1) is 12.2 Å². The second-order valence-electron chi connectivity index (χ2n) is 6.96. The lowest BCUT2D eigenvalue weighted by Gasteiger charge is -2.20. The van der Waals surface area contributed by atoms with E-state index in [1.165, 1.54) is 0 Å². The van der Waals surface area contributed by atoms with E-state index in [1.807, 2.05) is 0 Å². The summed E-state index contributed by atoms with van der Waals surface area (Å²) >= 11 is 3.33. The number of fused-ring (bicyclic) bond motifs is 1. The van der Waals surface area contributed by atoms with Gasteiger partial charge < -0.3 is 9.47 Å². The van der Waals surface area contributed by atoms with Crippen molar-refractivity contribution in [2.45, 2.75) is 19.2 Å². The van der Waals surface area contributed by atoms with Crippen LogP contribution >= 0.6 is 15.9 Å². The molecule has 6 nitrogen and oxygen atoms in total. The molecule has 0 saturated heterocycles. The Morgan fingerprint density at radius 1 is 1.03 bits per heavy atom. The molecule has 4 rings (SSSR count). The molecule has 1 unspecified atom stereocenters. The van der Waals surface area contributed by atoms with Gasteiger partial charge in [-0.3, -0.25) is 0 Å². The van der Waals surface area contributed by atoms with Crippen molar-refractivity contribution >= 4 is 32.9 Å². The molecule has 0 spiro atoms. The van der Waals surface area contributed by atoms with Gasteiger partial charge in [-0.25, -0.2) is 4.79 Å². The minimum absolute atomic E-state index is 0.00993. The predicted octanol–water partition coefficient (Wildman–Crippen LogP) is 5.89. The fraction of sp³-hybridized carbons (Fsp3) is 0.174. The van der Waals surface area contributed by atoms with E-state index in [4.69, 9.17) is 9.47 Å². The van der Waals surface area contributed by atoms with Gasteiger partial charge in [-0.2, -0.15) is 13.2 Å². The van der Waals surface area contributed by atoms with Crippen molar-refractivity contribution in [3.05, 3.63) is 82.3 Å². The second kappa shape index (κ2) is 9.22. The molecule has 4 aromatic rings. The lowest BCUT2D eigenvalue weighted by atomic mass is 10.1. The minimum atomic E-state index is -4.59. The number of benzene rings is 3. The molecule has 0 aliphatic carbocycles. The van der Waals surface area contributed by atoms with Gasteiger partial charge in [-0.15, -0.1) is 15.0 Å². The molecule has 0 fully saturated rings. The maximum absolute atomic E-state index is 13.4. The van der Waals surface area contributed by atoms with Crippen molar-refractivity contribution in [3.63, 3.8) is 0 Å². The summed E-state index contributed by atoms with van der Waals surface area (Å²) in [5.74, 6) is -0.687. The van der Waals surface area contributed by atoms with E-state index < -0.39 is 23.8 Å². The van der Waals surface area contributed by atoms with Gasteiger partial charge in [0, 0.05) is 10.0 Å². The van der Waals surface area contributed by atoms with Crippen LogP contribution in [0.15, 0.2) is 71.2 Å². The Morgan fingerprint density at radius 3 is 2.24 bits per heavy atom. The van der Waals surface area contributed by atoms with Gasteiger partial charge in [-0.1, -0.05) is 40.2 Å². The number of carbonyl (C=O) groups is 1. The number of aromatic nitrogens is 3. The maximum atomic E-state index is 13.4. The van der Waals surface area contributed by atoms with Crippen molar-refractivity contribution in [2.75, 3.05) is 6.61 Å². The van der Waals surface area contributed by atoms with E-state index in [-0.39, 0.29) is 18.0 Å². The van der Waals surface area contributed by atoms with E-state index in [1.54, 1.807) is 55.5 Å². The van der Waals surface area contributed by atoms with Crippen LogP contribution in [0.2, 0.25) is 0 Å². The summed E-state index contributed by atoms with van der Waals surface area (Å²) in [6, 6.07) is 16.6. The lowest BCUT2D eigenvalue weighted by molar-refractivity contribution is -0.151. The van der Waals surface area contributed by atoms with Gasteiger partial charge in [0.1, 0.15) is 22.5 Å². The largest absolute Gasteiger partial charge is 0.472 e. The molecular formula is C23H17BrF3N3O3. The number of hydrogen-bond acceptors (Lipinski definition) is 5. The second-order valence-corrected chi connectivity index (χ2v) is 7.88. The van der Waals surface area contributed by atoms with E-state index >= 15 is 0 Å². The molecule has 3 aromatic carbocycles. The van der Waals surface area contributed by atoms with Crippen LogP contribution in [0.3, 0.4) is 0 Å². The molecule has 0 aliphatic heterocycles. The first-order valence-corrected chi connectivity index (χ1v) is 10.7. The molecule has 33 heavy (non-hydrogen) atoms. The molecular weight excluding hydrogens is 503 g/mol. The van der Waals surface area contributed by atoms with Gasteiger partial charge in [0.25, 0.3) is 0 Å². The molecule has 10 heteroatoms. The molecule has 1 aromatic heterocycles. The fourth-order valence-electron chi connectivity index (χ4n) is 3.15. The molecule has 1 atom stereocenters. The standard InChI is InChI=1S/C23H17BrF3N3O3/c1-2-32-22(31)21(14-7-10-16(24)11-8-14)33-20-12-9-15(23(25,26)27)13-19(20)30-28-17-5-3-4-6-18(17)29-30/h3-13,21H,2H2,1H3. The third-order valence-corrected chi connectivity index (χ3v) is 5.24. The van der Waals surface area contributed by atoms with Gasteiger partial charge in [0.2, 0.25) is 6.10 Å². The molecule has 0 aliphatic rings. The number of nitrogens with zero attached hydrogens (tertiary/aromatic N) is 3. The van der Waals surface area contributed by atoms with Gasteiger partial charge in [-0.05, 0) is 49.4 Å². The smallest absolute Gasteiger partial charge is 0.416 e. The topological polar surface area (TPSA) is 66.2 Å². The number of hydrogen-bond donors (Lipinski definition) is 0.